The third-order valence-electron chi connectivity index (χ3n) is 5.12. The van der Waals surface area contributed by atoms with Crippen LogP contribution in [0.1, 0.15) is 30.1 Å². The number of nitrogens with one attached hydrogen (secondary N) is 1. The number of benzene rings is 3. The summed E-state index contributed by atoms with van der Waals surface area (Å²) in [4.78, 5) is 24.6. The molecule has 0 radical (unpaired) electrons. The van der Waals surface area contributed by atoms with E-state index in [2.05, 4.69) is 10.1 Å². The molecule has 0 aliphatic heterocycles. The van der Waals surface area contributed by atoms with Crippen LogP contribution < -0.4 is 14.4 Å². The van der Waals surface area contributed by atoms with Crippen molar-refractivity contribution in [3.8, 4) is 5.75 Å². The van der Waals surface area contributed by atoms with Gasteiger partial charge in [0.1, 0.15) is 5.75 Å². The zero-order valence-electron chi connectivity index (χ0n) is 20.3. The fourth-order valence-corrected chi connectivity index (χ4v) is 4.90. The number of nitrogens with zero attached hydrogens (tertiary/aromatic N) is 1. The van der Waals surface area contributed by atoms with Gasteiger partial charge in [0.25, 0.3) is 15.9 Å². The minimum Gasteiger partial charge on any atom is -0.452 e. The van der Waals surface area contributed by atoms with Crippen LogP contribution in [0.5, 0.6) is 5.75 Å². The predicted octanol–water partition coefficient (Wildman–Crippen LogP) is 5.38. The number of carbonyl (C=O) groups is 2. The van der Waals surface area contributed by atoms with E-state index in [-0.39, 0.29) is 22.7 Å². The Morgan fingerprint density at radius 1 is 0.947 bits per heavy atom. The lowest BCUT2D eigenvalue weighted by atomic mass is 10.2. The van der Waals surface area contributed by atoms with Gasteiger partial charge in [-0.3, -0.25) is 9.10 Å². The zero-order chi connectivity index (χ0) is 27.8. The van der Waals surface area contributed by atoms with Crippen LogP contribution in [0.4, 0.5) is 24.5 Å². The van der Waals surface area contributed by atoms with E-state index in [1.165, 1.54) is 40.7 Å². The average Bonchev–Trinajstić information content (AvgIpc) is 2.88. The number of alkyl halides is 3. The number of hydrogen-bond acceptors (Lipinski definition) is 6. The van der Waals surface area contributed by atoms with Crippen LogP contribution in [0.3, 0.4) is 0 Å². The molecule has 12 heteroatoms. The van der Waals surface area contributed by atoms with Crippen molar-refractivity contribution >= 4 is 33.3 Å². The molecule has 38 heavy (non-hydrogen) atoms. The Balaban J connectivity index is 1.66. The van der Waals surface area contributed by atoms with Gasteiger partial charge >= 0.3 is 12.3 Å². The molecule has 0 aliphatic rings. The molecule has 0 spiro atoms. The highest BCUT2D eigenvalue weighted by molar-refractivity contribution is 7.92. The van der Waals surface area contributed by atoms with Crippen molar-refractivity contribution in [1.82, 2.24) is 0 Å². The second kappa shape index (κ2) is 12.5. The molecule has 3 aromatic carbocycles. The summed E-state index contributed by atoms with van der Waals surface area (Å²) in [6.07, 6.45) is -3.44. The normalized spacial score (nSPS) is 11.5. The summed E-state index contributed by atoms with van der Waals surface area (Å²) in [6.45, 7) is 1.49. The van der Waals surface area contributed by atoms with Crippen LogP contribution in [0.25, 0.3) is 0 Å². The number of ether oxygens (including phenoxy) is 2. The van der Waals surface area contributed by atoms with Gasteiger partial charge < -0.3 is 14.8 Å². The fourth-order valence-electron chi connectivity index (χ4n) is 3.35. The Morgan fingerprint density at radius 2 is 1.63 bits per heavy atom. The molecule has 8 nitrogen and oxygen atoms in total. The number of hydrogen-bond donors (Lipinski definition) is 1. The Hall–Kier alpha value is -4.06. The van der Waals surface area contributed by atoms with E-state index < -0.39 is 40.6 Å². The number of sulfonamides is 1. The van der Waals surface area contributed by atoms with E-state index in [9.17, 15) is 31.2 Å². The first-order chi connectivity index (χ1) is 18.0. The molecule has 3 aromatic rings. The SMILES string of the molecule is CCCCN(c1ccccc1)S(=O)(=O)c1cccc(C(=O)OCC(=O)Nc2ccc(OC(F)(F)F)cc2)c1. The van der Waals surface area contributed by atoms with Crippen molar-refractivity contribution in [2.24, 2.45) is 0 Å². The van der Waals surface area contributed by atoms with E-state index in [1.807, 2.05) is 6.92 Å². The Labute approximate surface area is 218 Å². The molecule has 0 saturated carbocycles. The van der Waals surface area contributed by atoms with Crippen LogP contribution in [0, 0.1) is 0 Å². The minimum absolute atomic E-state index is 0.0731. The smallest absolute Gasteiger partial charge is 0.452 e. The van der Waals surface area contributed by atoms with E-state index in [0.29, 0.717) is 12.1 Å². The van der Waals surface area contributed by atoms with E-state index in [4.69, 9.17) is 4.74 Å². The molecule has 0 fully saturated rings. The average molecular weight is 551 g/mol. The lowest BCUT2D eigenvalue weighted by Gasteiger charge is -2.24. The van der Waals surface area contributed by atoms with Crippen LogP contribution in [0.2, 0.25) is 0 Å². The van der Waals surface area contributed by atoms with Crippen molar-refractivity contribution in [2.75, 3.05) is 22.8 Å². The van der Waals surface area contributed by atoms with Gasteiger partial charge in [0.05, 0.1) is 16.1 Å². The quantitative estimate of drug-likeness (QED) is 0.322. The largest absolute Gasteiger partial charge is 0.573 e. The zero-order valence-corrected chi connectivity index (χ0v) is 21.1. The summed E-state index contributed by atoms with van der Waals surface area (Å²) < 4.78 is 73.6. The monoisotopic (exact) mass is 550 g/mol. The van der Waals surface area contributed by atoms with Crippen LogP contribution in [-0.4, -0.2) is 39.8 Å². The molecule has 0 aliphatic carbocycles. The number of amides is 1. The van der Waals surface area contributed by atoms with Gasteiger partial charge in [-0.1, -0.05) is 37.6 Å². The van der Waals surface area contributed by atoms with Gasteiger partial charge in [0.15, 0.2) is 6.61 Å². The highest BCUT2D eigenvalue weighted by Gasteiger charge is 2.31. The maximum atomic E-state index is 13.4. The molecule has 202 valence electrons. The number of rotatable bonds is 11. The van der Waals surface area contributed by atoms with Crippen molar-refractivity contribution in [3.05, 3.63) is 84.4 Å². The van der Waals surface area contributed by atoms with Gasteiger partial charge in [-0.2, -0.15) is 0 Å². The van der Waals surface area contributed by atoms with E-state index >= 15 is 0 Å². The number of para-hydroxylation sites is 1. The summed E-state index contributed by atoms with van der Waals surface area (Å²) in [5.74, 6) is -2.13. The molecule has 1 amide bonds. The first-order valence-corrected chi connectivity index (χ1v) is 12.9. The summed E-state index contributed by atoms with van der Waals surface area (Å²) in [5.41, 5.74) is 0.571. The molecule has 0 heterocycles. The molecule has 1 N–H and O–H groups in total. The molecule has 0 bridgehead atoms. The number of unbranched alkanes of at least 4 members (excludes halogenated alkanes) is 1. The van der Waals surface area contributed by atoms with Crippen LogP contribution in [-0.2, 0) is 19.6 Å². The van der Waals surface area contributed by atoms with E-state index in [0.717, 1.165) is 18.6 Å². The molecule has 0 unspecified atom stereocenters. The number of anilines is 2. The third kappa shape index (κ3) is 7.97. The molecule has 0 atom stereocenters. The maximum absolute atomic E-state index is 13.4. The second-order valence-electron chi connectivity index (χ2n) is 7.99. The fraction of sp³-hybridized carbons (Fsp3) is 0.231. The van der Waals surface area contributed by atoms with Crippen LogP contribution in [0.15, 0.2) is 83.8 Å². The Morgan fingerprint density at radius 3 is 2.26 bits per heavy atom. The summed E-state index contributed by atoms with van der Waals surface area (Å²) in [7, 11) is -4.00. The summed E-state index contributed by atoms with van der Waals surface area (Å²) in [5, 5.41) is 2.37. The van der Waals surface area contributed by atoms with Crippen molar-refractivity contribution in [1.29, 1.82) is 0 Å². The molecular formula is C26H25F3N2O6S. The van der Waals surface area contributed by atoms with Crippen molar-refractivity contribution < 1.29 is 40.7 Å². The summed E-state index contributed by atoms with van der Waals surface area (Å²) >= 11 is 0. The third-order valence-corrected chi connectivity index (χ3v) is 6.95. The lowest BCUT2D eigenvalue weighted by Crippen LogP contribution is -2.32. The highest BCUT2D eigenvalue weighted by Crippen LogP contribution is 2.26. The molecule has 3 rings (SSSR count). The van der Waals surface area contributed by atoms with Gasteiger partial charge in [0.2, 0.25) is 0 Å². The number of esters is 1. The Bertz CT molecular complexity index is 1350. The second-order valence-corrected chi connectivity index (χ2v) is 9.85. The molecule has 0 aromatic heterocycles. The van der Waals surface area contributed by atoms with Gasteiger partial charge in [-0.25, -0.2) is 13.2 Å². The first-order valence-electron chi connectivity index (χ1n) is 11.5. The van der Waals surface area contributed by atoms with Crippen molar-refractivity contribution in [3.63, 3.8) is 0 Å². The van der Waals surface area contributed by atoms with Gasteiger partial charge in [-0.05, 0) is 61.0 Å². The maximum Gasteiger partial charge on any atom is 0.573 e. The minimum atomic E-state index is -4.84. The first kappa shape index (κ1) is 28.5. The van der Waals surface area contributed by atoms with E-state index in [1.54, 1.807) is 30.3 Å². The van der Waals surface area contributed by atoms with Crippen molar-refractivity contribution in [2.45, 2.75) is 31.0 Å². The summed E-state index contributed by atoms with van der Waals surface area (Å²) in [6, 6.07) is 18.3. The number of carbonyl (C=O) groups excluding carboxylic acids is 2. The lowest BCUT2D eigenvalue weighted by molar-refractivity contribution is -0.274. The van der Waals surface area contributed by atoms with Gasteiger partial charge in [0, 0.05) is 12.2 Å². The molecular weight excluding hydrogens is 525 g/mol. The predicted molar refractivity (Wildman–Crippen MR) is 134 cm³/mol. The Kier molecular flexibility index (Phi) is 9.35. The van der Waals surface area contributed by atoms with Gasteiger partial charge in [-0.15, -0.1) is 13.2 Å². The standard InChI is InChI=1S/C26H25F3N2O6S/c1-2-3-16-31(21-9-5-4-6-10-21)38(34,35)23-11-7-8-19(17-23)25(33)36-18-24(32)30-20-12-14-22(15-13-20)37-26(27,28)29/h4-15,17H,2-3,16,18H2,1H3,(H,30,32). The molecule has 0 saturated heterocycles. The number of halogens is 3. The highest BCUT2D eigenvalue weighted by atomic mass is 32.2. The van der Waals surface area contributed by atoms with Crippen LogP contribution >= 0.6 is 0 Å². The topological polar surface area (TPSA) is 102 Å².